The average Bonchev–Trinajstić information content (AvgIpc) is 2.69. The molecule has 0 radical (unpaired) electrons. The summed E-state index contributed by atoms with van der Waals surface area (Å²) in [7, 11) is 0. The number of ketones is 2. The highest BCUT2D eigenvalue weighted by atomic mass is 16.3. The van der Waals surface area contributed by atoms with Crippen LogP contribution in [0.1, 0.15) is 33.6 Å². The predicted molar refractivity (Wildman–Crippen MR) is 92.5 cm³/mol. The van der Waals surface area contributed by atoms with E-state index in [0.29, 0.717) is 16.7 Å². The number of carbonyl (C=O) groups excluding carboxylic acids is 2. The number of allylic oxidation sites excluding steroid dienone is 1. The zero-order valence-electron chi connectivity index (χ0n) is 15.0. The fourth-order valence-electron chi connectivity index (χ4n) is 5.13. The molecule has 136 valence electrons. The van der Waals surface area contributed by atoms with Crippen LogP contribution < -0.4 is 0 Å². The Balaban J connectivity index is 2.26. The van der Waals surface area contributed by atoms with E-state index in [1.54, 1.807) is 32.9 Å². The molecular formula is C20H26O5. The molecule has 0 heterocycles. The van der Waals surface area contributed by atoms with E-state index in [4.69, 9.17) is 0 Å². The summed E-state index contributed by atoms with van der Waals surface area (Å²) in [6.07, 6.45) is 3.47. The molecule has 3 rings (SSSR count). The van der Waals surface area contributed by atoms with Gasteiger partial charge in [0.25, 0.3) is 0 Å². The van der Waals surface area contributed by atoms with E-state index in [1.165, 1.54) is 0 Å². The number of carbonyl (C=O) groups is 2. The van der Waals surface area contributed by atoms with Gasteiger partial charge in [0.2, 0.25) is 0 Å². The minimum Gasteiger partial charge on any atom is -0.392 e. The lowest BCUT2D eigenvalue weighted by Gasteiger charge is -2.51. The van der Waals surface area contributed by atoms with Gasteiger partial charge >= 0.3 is 0 Å². The van der Waals surface area contributed by atoms with Crippen LogP contribution in [0.25, 0.3) is 0 Å². The van der Waals surface area contributed by atoms with Crippen LogP contribution in [0.3, 0.4) is 0 Å². The lowest BCUT2D eigenvalue weighted by Crippen LogP contribution is -2.62. The highest BCUT2D eigenvalue weighted by Gasteiger charge is 2.65. The van der Waals surface area contributed by atoms with Crippen LogP contribution in [-0.2, 0) is 9.59 Å². The summed E-state index contributed by atoms with van der Waals surface area (Å²) in [5.74, 6) is -2.88. The second-order valence-electron chi connectivity index (χ2n) is 8.05. The van der Waals surface area contributed by atoms with Crippen LogP contribution in [0.15, 0.2) is 35.5 Å². The molecule has 0 aromatic rings. The molecule has 0 aromatic heterocycles. The molecule has 0 saturated heterocycles. The predicted octanol–water partition coefficient (Wildman–Crippen LogP) is 1.33. The zero-order chi connectivity index (χ0) is 18.7. The average molecular weight is 346 g/mol. The molecule has 5 nitrogen and oxygen atoms in total. The van der Waals surface area contributed by atoms with Gasteiger partial charge in [0.1, 0.15) is 11.4 Å². The van der Waals surface area contributed by atoms with E-state index < -0.39 is 40.7 Å². The number of hydrogen-bond donors (Lipinski definition) is 3. The number of fused-ring (bicyclic) bond motifs is 3. The van der Waals surface area contributed by atoms with Gasteiger partial charge in [-0.25, -0.2) is 0 Å². The van der Waals surface area contributed by atoms with Gasteiger partial charge in [-0.05, 0) is 30.9 Å². The highest BCUT2D eigenvalue weighted by molar-refractivity contribution is 6.05. The summed E-state index contributed by atoms with van der Waals surface area (Å²) in [4.78, 5) is 25.3. The Kier molecular flexibility index (Phi) is 4.18. The first-order chi connectivity index (χ1) is 11.6. The molecule has 25 heavy (non-hydrogen) atoms. The van der Waals surface area contributed by atoms with Crippen LogP contribution in [0.5, 0.6) is 0 Å². The second kappa shape index (κ2) is 5.73. The molecule has 0 bridgehead atoms. The smallest absolute Gasteiger partial charge is 0.190 e. The topological polar surface area (TPSA) is 94.8 Å². The lowest BCUT2D eigenvalue weighted by molar-refractivity contribution is -0.176. The Hall–Kier alpha value is -1.56. The van der Waals surface area contributed by atoms with Crippen LogP contribution >= 0.6 is 0 Å². The fourth-order valence-corrected chi connectivity index (χ4v) is 5.13. The van der Waals surface area contributed by atoms with Gasteiger partial charge in [0, 0.05) is 30.6 Å². The van der Waals surface area contributed by atoms with Crippen LogP contribution in [0.2, 0.25) is 0 Å². The molecule has 1 saturated carbocycles. The summed E-state index contributed by atoms with van der Waals surface area (Å²) < 4.78 is 0. The molecular weight excluding hydrogens is 320 g/mol. The Morgan fingerprint density at radius 2 is 1.96 bits per heavy atom. The van der Waals surface area contributed by atoms with Crippen molar-refractivity contribution in [3.05, 3.63) is 35.5 Å². The summed E-state index contributed by atoms with van der Waals surface area (Å²) in [5.41, 5.74) is -1.72. The third-order valence-electron chi connectivity index (χ3n) is 6.36. The third kappa shape index (κ3) is 2.33. The molecule has 3 aliphatic carbocycles. The van der Waals surface area contributed by atoms with E-state index >= 15 is 0 Å². The standard InChI is InChI=1S/C20H26O5/c1-10(2)17-14-7-13(9-21)8-19(24)16(5-11(3)18(19)23)20(14,25)12(4)6-15(17)22/h5,7,12,14,16-17,21,24-25H,1,6,8-9H2,2-4H3/t12-,14-,16-,17+,19-,20-/m1/s1. The number of hydrogen-bond acceptors (Lipinski definition) is 5. The van der Waals surface area contributed by atoms with Gasteiger partial charge < -0.3 is 15.3 Å². The number of aliphatic hydroxyl groups is 3. The van der Waals surface area contributed by atoms with Crippen LogP contribution in [0, 0.1) is 23.7 Å². The molecule has 0 aromatic carbocycles. The number of Topliss-reactive ketones (excluding diaryl/α,β-unsaturated/α-hetero) is 2. The number of aliphatic hydroxyl groups excluding tert-OH is 1. The Labute approximate surface area is 147 Å². The molecule has 0 aliphatic heterocycles. The number of rotatable bonds is 2. The highest BCUT2D eigenvalue weighted by Crippen LogP contribution is 2.56. The van der Waals surface area contributed by atoms with Crippen molar-refractivity contribution in [2.45, 2.75) is 44.8 Å². The summed E-state index contributed by atoms with van der Waals surface area (Å²) in [6, 6.07) is 0. The van der Waals surface area contributed by atoms with Crippen molar-refractivity contribution in [1.29, 1.82) is 0 Å². The Bertz CT molecular complexity index is 718. The van der Waals surface area contributed by atoms with E-state index in [9.17, 15) is 24.9 Å². The second-order valence-corrected chi connectivity index (χ2v) is 8.05. The lowest BCUT2D eigenvalue weighted by atomic mass is 9.56. The molecule has 6 atom stereocenters. The monoisotopic (exact) mass is 346 g/mol. The molecule has 0 spiro atoms. The van der Waals surface area contributed by atoms with Crippen molar-refractivity contribution < 1.29 is 24.9 Å². The van der Waals surface area contributed by atoms with Crippen molar-refractivity contribution in [2.24, 2.45) is 23.7 Å². The molecule has 0 amide bonds. The van der Waals surface area contributed by atoms with Crippen molar-refractivity contribution in [3.63, 3.8) is 0 Å². The Morgan fingerprint density at radius 1 is 1.32 bits per heavy atom. The minimum atomic E-state index is -1.78. The fraction of sp³-hybridized carbons (Fsp3) is 0.600. The van der Waals surface area contributed by atoms with Crippen molar-refractivity contribution in [2.75, 3.05) is 6.61 Å². The van der Waals surface area contributed by atoms with Gasteiger partial charge in [0.15, 0.2) is 5.78 Å². The van der Waals surface area contributed by atoms with E-state index in [2.05, 4.69) is 6.58 Å². The SMILES string of the molecule is C=C(C)[C@@H]1C(=O)C[C@@H](C)[C@@]2(O)[C@@H]1C=C(CO)C[C@]1(O)C(=O)C(C)=C[C@@H]21. The first kappa shape index (κ1) is 18.2. The van der Waals surface area contributed by atoms with Gasteiger partial charge in [-0.1, -0.05) is 31.2 Å². The van der Waals surface area contributed by atoms with Crippen molar-refractivity contribution in [1.82, 2.24) is 0 Å². The van der Waals surface area contributed by atoms with Gasteiger partial charge in [0.05, 0.1) is 12.2 Å². The van der Waals surface area contributed by atoms with E-state index in [0.717, 1.165) is 0 Å². The molecule has 0 unspecified atom stereocenters. The molecule has 1 fully saturated rings. The summed E-state index contributed by atoms with van der Waals surface area (Å²) in [5, 5.41) is 32.7. The maximum atomic E-state index is 12.7. The van der Waals surface area contributed by atoms with Crippen LogP contribution in [-0.4, -0.2) is 44.7 Å². The quantitative estimate of drug-likeness (QED) is 0.656. The molecule has 5 heteroatoms. The van der Waals surface area contributed by atoms with Gasteiger partial charge in [-0.15, -0.1) is 0 Å². The largest absolute Gasteiger partial charge is 0.392 e. The maximum absolute atomic E-state index is 12.7. The maximum Gasteiger partial charge on any atom is 0.190 e. The molecule has 3 aliphatic rings. The summed E-state index contributed by atoms with van der Waals surface area (Å²) in [6.45, 7) is 8.75. The third-order valence-corrected chi connectivity index (χ3v) is 6.36. The van der Waals surface area contributed by atoms with Gasteiger partial charge in [-0.3, -0.25) is 9.59 Å². The summed E-state index contributed by atoms with van der Waals surface area (Å²) >= 11 is 0. The first-order valence-electron chi connectivity index (χ1n) is 8.73. The van der Waals surface area contributed by atoms with Crippen molar-refractivity contribution in [3.8, 4) is 0 Å². The van der Waals surface area contributed by atoms with E-state index in [1.807, 2.05) is 0 Å². The Morgan fingerprint density at radius 3 is 2.52 bits per heavy atom. The van der Waals surface area contributed by atoms with Crippen molar-refractivity contribution >= 4 is 11.6 Å². The minimum absolute atomic E-state index is 0.00122. The normalized spacial score (nSPS) is 43.8. The first-order valence-corrected chi connectivity index (χ1v) is 8.73. The van der Waals surface area contributed by atoms with Crippen LogP contribution in [0.4, 0.5) is 0 Å². The van der Waals surface area contributed by atoms with Gasteiger partial charge in [-0.2, -0.15) is 0 Å². The molecule has 3 N–H and O–H groups in total. The zero-order valence-corrected chi connectivity index (χ0v) is 15.0. The van der Waals surface area contributed by atoms with E-state index in [-0.39, 0.29) is 25.2 Å².